The van der Waals surface area contributed by atoms with E-state index in [1.54, 1.807) is 7.11 Å². The number of aliphatic hydroxyl groups excluding tert-OH is 1. The fraction of sp³-hybridized carbons (Fsp3) is 0.368. The highest BCUT2D eigenvalue weighted by atomic mass is 16.5. The summed E-state index contributed by atoms with van der Waals surface area (Å²) in [6.45, 7) is 3.06. The Morgan fingerprint density at radius 2 is 1.68 bits per heavy atom. The van der Waals surface area contributed by atoms with Gasteiger partial charge in [-0.2, -0.15) is 0 Å². The Bertz CT molecular complexity index is 539. The van der Waals surface area contributed by atoms with Crippen LogP contribution in [0.2, 0.25) is 0 Å². The summed E-state index contributed by atoms with van der Waals surface area (Å²) < 4.78 is 5.18. The first-order valence-electron chi connectivity index (χ1n) is 7.86. The van der Waals surface area contributed by atoms with Gasteiger partial charge in [0, 0.05) is 0 Å². The maximum atomic E-state index is 10.8. The fourth-order valence-electron chi connectivity index (χ4n) is 2.50. The van der Waals surface area contributed by atoms with Crippen LogP contribution >= 0.6 is 0 Å². The van der Waals surface area contributed by atoms with E-state index in [1.165, 1.54) is 0 Å². The molecule has 0 saturated heterocycles. The second kappa shape index (κ2) is 8.57. The van der Waals surface area contributed by atoms with Crippen molar-refractivity contribution in [2.24, 2.45) is 0 Å². The van der Waals surface area contributed by atoms with Crippen molar-refractivity contribution in [3.63, 3.8) is 0 Å². The zero-order valence-corrected chi connectivity index (χ0v) is 13.3. The quantitative estimate of drug-likeness (QED) is 0.727. The van der Waals surface area contributed by atoms with Crippen molar-refractivity contribution in [3.8, 4) is 5.75 Å². The maximum absolute atomic E-state index is 10.8. The van der Waals surface area contributed by atoms with Crippen molar-refractivity contribution in [1.29, 1.82) is 0 Å². The number of rotatable bonds is 8. The summed E-state index contributed by atoms with van der Waals surface area (Å²) in [4.78, 5) is 0. The van der Waals surface area contributed by atoms with Crippen molar-refractivity contribution < 1.29 is 9.84 Å². The first kappa shape index (κ1) is 16.5. The SMILES string of the molecule is CCCCNC(c1ccccc1)C(O)c1ccc(OC)cc1. The van der Waals surface area contributed by atoms with Crippen LogP contribution in [-0.4, -0.2) is 18.8 Å². The predicted molar refractivity (Wildman–Crippen MR) is 90.0 cm³/mol. The highest BCUT2D eigenvalue weighted by molar-refractivity contribution is 5.31. The Kier molecular flexibility index (Phi) is 6.44. The van der Waals surface area contributed by atoms with Crippen LogP contribution in [0.25, 0.3) is 0 Å². The third-order valence-electron chi connectivity index (χ3n) is 3.83. The molecule has 0 saturated carbocycles. The van der Waals surface area contributed by atoms with E-state index in [0.717, 1.165) is 36.3 Å². The van der Waals surface area contributed by atoms with Crippen molar-refractivity contribution >= 4 is 0 Å². The monoisotopic (exact) mass is 299 g/mol. The van der Waals surface area contributed by atoms with Gasteiger partial charge in [-0.3, -0.25) is 0 Å². The van der Waals surface area contributed by atoms with Crippen LogP contribution in [-0.2, 0) is 0 Å². The minimum Gasteiger partial charge on any atom is -0.497 e. The van der Waals surface area contributed by atoms with E-state index in [2.05, 4.69) is 24.4 Å². The summed E-state index contributed by atoms with van der Waals surface area (Å²) in [5.41, 5.74) is 1.99. The molecule has 0 amide bonds. The molecule has 0 aromatic heterocycles. The van der Waals surface area contributed by atoms with E-state index in [4.69, 9.17) is 4.74 Å². The molecule has 0 bridgehead atoms. The average Bonchev–Trinajstić information content (AvgIpc) is 2.59. The number of ether oxygens (including phenoxy) is 1. The predicted octanol–water partition coefficient (Wildman–Crippen LogP) is 3.86. The van der Waals surface area contributed by atoms with Crippen LogP contribution < -0.4 is 10.1 Å². The van der Waals surface area contributed by atoms with Crippen LogP contribution in [0.1, 0.15) is 43.0 Å². The lowest BCUT2D eigenvalue weighted by Gasteiger charge is -2.25. The highest BCUT2D eigenvalue weighted by Gasteiger charge is 2.22. The van der Waals surface area contributed by atoms with Gasteiger partial charge in [-0.15, -0.1) is 0 Å². The number of benzene rings is 2. The van der Waals surface area contributed by atoms with Gasteiger partial charge in [-0.25, -0.2) is 0 Å². The lowest BCUT2D eigenvalue weighted by atomic mass is 9.95. The van der Waals surface area contributed by atoms with Gasteiger partial charge in [0.2, 0.25) is 0 Å². The number of nitrogens with one attached hydrogen (secondary N) is 1. The molecular formula is C19H25NO2. The van der Waals surface area contributed by atoms with Crippen LogP contribution in [0.3, 0.4) is 0 Å². The normalized spacial score (nSPS) is 13.6. The first-order chi connectivity index (χ1) is 10.8. The van der Waals surface area contributed by atoms with Gasteiger partial charge in [0.05, 0.1) is 19.3 Å². The van der Waals surface area contributed by atoms with Crippen molar-refractivity contribution in [3.05, 3.63) is 65.7 Å². The Morgan fingerprint density at radius 1 is 1.00 bits per heavy atom. The van der Waals surface area contributed by atoms with Crippen LogP contribution in [0.15, 0.2) is 54.6 Å². The fourth-order valence-corrected chi connectivity index (χ4v) is 2.50. The molecule has 0 aliphatic heterocycles. The van der Waals surface area contributed by atoms with E-state index < -0.39 is 6.10 Å². The summed E-state index contributed by atoms with van der Waals surface area (Å²) in [7, 11) is 1.64. The molecule has 2 aromatic rings. The van der Waals surface area contributed by atoms with Gasteiger partial charge in [0.1, 0.15) is 5.75 Å². The summed E-state index contributed by atoms with van der Waals surface area (Å²) in [6.07, 6.45) is 1.64. The molecule has 2 rings (SSSR count). The van der Waals surface area contributed by atoms with Crippen LogP contribution in [0.4, 0.5) is 0 Å². The second-order valence-electron chi connectivity index (χ2n) is 5.41. The molecule has 0 radical (unpaired) electrons. The lowest BCUT2D eigenvalue weighted by molar-refractivity contribution is 0.128. The van der Waals surface area contributed by atoms with Crippen molar-refractivity contribution in [2.75, 3.05) is 13.7 Å². The number of methoxy groups -OCH3 is 1. The third-order valence-corrected chi connectivity index (χ3v) is 3.83. The van der Waals surface area contributed by atoms with Gasteiger partial charge in [-0.05, 0) is 36.2 Å². The van der Waals surface area contributed by atoms with Crippen LogP contribution in [0, 0.1) is 0 Å². The maximum Gasteiger partial charge on any atom is 0.118 e. The molecule has 118 valence electrons. The van der Waals surface area contributed by atoms with E-state index in [-0.39, 0.29) is 6.04 Å². The molecule has 0 spiro atoms. The molecule has 3 heteroatoms. The molecule has 0 heterocycles. The lowest BCUT2D eigenvalue weighted by Crippen LogP contribution is -2.28. The minimum absolute atomic E-state index is 0.110. The summed E-state index contributed by atoms with van der Waals surface area (Å²) >= 11 is 0. The van der Waals surface area contributed by atoms with E-state index in [9.17, 15) is 5.11 Å². The number of unbranched alkanes of at least 4 members (excludes halogenated alkanes) is 1. The molecular weight excluding hydrogens is 274 g/mol. The molecule has 0 aliphatic carbocycles. The van der Waals surface area contributed by atoms with Crippen molar-refractivity contribution in [1.82, 2.24) is 5.32 Å². The van der Waals surface area contributed by atoms with Gasteiger partial charge < -0.3 is 15.2 Å². The van der Waals surface area contributed by atoms with E-state index in [1.807, 2.05) is 42.5 Å². The van der Waals surface area contributed by atoms with Gasteiger partial charge in [0.15, 0.2) is 0 Å². The zero-order chi connectivity index (χ0) is 15.8. The summed E-state index contributed by atoms with van der Waals surface area (Å²) in [6, 6.07) is 17.6. The second-order valence-corrected chi connectivity index (χ2v) is 5.41. The van der Waals surface area contributed by atoms with Crippen LogP contribution in [0.5, 0.6) is 5.75 Å². The Labute approximate surface area is 133 Å². The van der Waals surface area contributed by atoms with Crippen molar-refractivity contribution in [2.45, 2.75) is 31.9 Å². The Balaban J connectivity index is 2.18. The molecule has 2 atom stereocenters. The standard InChI is InChI=1S/C19H25NO2/c1-3-4-14-20-18(15-8-6-5-7-9-15)19(21)16-10-12-17(22-2)13-11-16/h5-13,18-21H,3-4,14H2,1-2H3. The Hall–Kier alpha value is -1.84. The molecule has 2 aromatic carbocycles. The van der Waals surface area contributed by atoms with Gasteiger partial charge in [-0.1, -0.05) is 55.8 Å². The molecule has 0 aliphatic rings. The molecule has 22 heavy (non-hydrogen) atoms. The van der Waals surface area contributed by atoms with Gasteiger partial charge in [0.25, 0.3) is 0 Å². The summed E-state index contributed by atoms with van der Waals surface area (Å²) in [5, 5.41) is 14.3. The average molecular weight is 299 g/mol. The highest BCUT2D eigenvalue weighted by Crippen LogP contribution is 2.29. The molecule has 0 fully saturated rings. The molecule has 2 N–H and O–H groups in total. The Morgan fingerprint density at radius 3 is 2.27 bits per heavy atom. The number of hydrogen-bond donors (Lipinski definition) is 2. The summed E-state index contributed by atoms with van der Waals surface area (Å²) in [5.74, 6) is 0.797. The molecule has 3 nitrogen and oxygen atoms in total. The van der Waals surface area contributed by atoms with Gasteiger partial charge >= 0.3 is 0 Å². The number of hydrogen-bond acceptors (Lipinski definition) is 3. The number of aliphatic hydroxyl groups is 1. The molecule has 2 unspecified atom stereocenters. The zero-order valence-electron chi connectivity index (χ0n) is 13.3. The van der Waals surface area contributed by atoms with E-state index >= 15 is 0 Å². The first-order valence-corrected chi connectivity index (χ1v) is 7.86. The minimum atomic E-state index is -0.592. The largest absolute Gasteiger partial charge is 0.497 e. The van der Waals surface area contributed by atoms with E-state index in [0.29, 0.717) is 0 Å². The topological polar surface area (TPSA) is 41.5 Å². The third kappa shape index (κ3) is 4.33. The smallest absolute Gasteiger partial charge is 0.118 e.